The molecule has 1 N–H and O–H groups in total. The van der Waals surface area contributed by atoms with Crippen molar-refractivity contribution in [2.24, 2.45) is 4.99 Å². The highest BCUT2D eigenvalue weighted by atomic mass is 35.5. The van der Waals surface area contributed by atoms with E-state index < -0.39 is 0 Å². The Morgan fingerprint density at radius 3 is 2.67 bits per heavy atom. The topological polar surface area (TPSA) is 40.1 Å². The standard InChI is InChI=1S/C23H21ClN4OS/c24-19-14-18(7-6-17-4-2-1-3-5-17)8-9-20(19)28-15-21-22(25-16-28)26-23(30-21)27-10-12-29-13-11-27/h1-5,8-9,14-15,23H,10-13,16H2,(H,25,26). The Balaban J connectivity index is 1.31. The lowest BCUT2D eigenvalue weighted by atomic mass is 10.1. The van der Waals surface area contributed by atoms with Gasteiger partial charge in [-0.1, -0.05) is 53.4 Å². The molecule has 0 spiro atoms. The van der Waals surface area contributed by atoms with Crippen molar-refractivity contribution in [3.63, 3.8) is 0 Å². The van der Waals surface area contributed by atoms with E-state index >= 15 is 0 Å². The number of amidine groups is 1. The Hall–Kier alpha value is -2.43. The molecule has 2 fully saturated rings. The average Bonchev–Trinajstić information content (AvgIpc) is 3.22. The predicted octanol–water partition coefficient (Wildman–Crippen LogP) is 3.71. The molecule has 7 heteroatoms. The van der Waals surface area contributed by atoms with Crippen LogP contribution in [0.4, 0.5) is 5.69 Å². The molecule has 0 amide bonds. The molecule has 2 saturated heterocycles. The molecule has 3 heterocycles. The van der Waals surface area contributed by atoms with E-state index in [1.807, 2.05) is 48.5 Å². The van der Waals surface area contributed by atoms with Crippen LogP contribution in [0.1, 0.15) is 11.1 Å². The van der Waals surface area contributed by atoms with Gasteiger partial charge in [0.25, 0.3) is 0 Å². The van der Waals surface area contributed by atoms with Gasteiger partial charge in [-0.25, -0.2) is 4.99 Å². The van der Waals surface area contributed by atoms with Gasteiger partial charge in [0, 0.05) is 30.4 Å². The van der Waals surface area contributed by atoms with Crippen molar-refractivity contribution in [2.45, 2.75) is 5.50 Å². The fourth-order valence-corrected chi connectivity index (χ4v) is 5.03. The van der Waals surface area contributed by atoms with Crippen LogP contribution in [0.2, 0.25) is 5.02 Å². The molecular weight excluding hydrogens is 416 g/mol. The number of ether oxygens (including phenoxy) is 1. The average molecular weight is 437 g/mol. The molecule has 2 aromatic rings. The zero-order valence-corrected chi connectivity index (χ0v) is 17.9. The number of fused-ring (bicyclic) bond motifs is 1. The summed E-state index contributed by atoms with van der Waals surface area (Å²) < 4.78 is 5.46. The van der Waals surface area contributed by atoms with Crippen LogP contribution in [0.15, 0.2) is 64.6 Å². The van der Waals surface area contributed by atoms with Gasteiger partial charge in [0.15, 0.2) is 0 Å². The third-order valence-corrected chi connectivity index (χ3v) is 6.64. The fourth-order valence-electron chi connectivity index (χ4n) is 3.54. The van der Waals surface area contributed by atoms with E-state index in [1.165, 1.54) is 0 Å². The minimum atomic E-state index is 0.213. The molecule has 1 unspecified atom stereocenters. The maximum atomic E-state index is 6.61. The van der Waals surface area contributed by atoms with Crippen LogP contribution in [0.25, 0.3) is 0 Å². The highest BCUT2D eigenvalue weighted by Gasteiger charge is 2.33. The second-order valence-corrected chi connectivity index (χ2v) is 8.69. The molecular formula is C23H21ClN4OS. The fraction of sp³-hybridized carbons (Fsp3) is 0.261. The molecule has 3 aliphatic heterocycles. The Morgan fingerprint density at radius 1 is 1.07 bits per heavy atom. The number of halogens is 1. The van der Waals surface area contributed by atoms with Crippen molar-refractivity contribution in [1.82, 2.24) is 10.2 Å². The number of nitrogens with zero attached hydrogens (tertiary/aromatic N) is 3. The molecule has 152 valence electrons. The lowest BCUT2D eigenvalue weighted by Gasteiger charge is -2.30. The van der Waals surface area contributed by atoms with Crippen LogP contribution in [0, 0.1) is 11.8 Å². The number of hydrogen-bond acceptors (Lipinski definition) is 6. The summed E-state index contributed by atoms with van der Waals surface area (Å²) in [5, 5.41) is 4.20. The van der Waals surface area contributed by atoms with Crippen LogP contribution in [0.5, 0.6) is 0 Å². The van der Waals surface area contributed by atoms with Crippen molar-refractivity contribution in [3.8, 4) is 11.8 Å². The van der Waals surface area contributed by atoms with Gasteiger partial charge in [-0.15, -0.1) is 0 Å². The third-order valence-electron chi connectivity index (χ3n) is 5.15. The molecule has 0 bridgehead atoms. The zero-order valence-electron chi connectivity index (χ0n) is 16.3. The quantitative estimate of drug-likeness (QED) is 0.727. The summed E-state index contributed by atoms with van der Waals surface area (Å²) in [5.41, 5.74) is 3.03. The van der Waals surface area contributed by atoms with E-state index in [2.05, 4.69) is 33.2 Å². The second-order valence-electron chi connectivity index (χ2n) is 7.16. The SMILES string of the molecule is Clc1cc(C#Cc2ccccc2)ccc1N1C=C2SC(N3CCOCC3)NC2=NC1. The number of benzene rings is 2. The van der Waals surface area contributed by atoms with E-state index in [0.717, 1.165) is 53.9 Å². The maximum absolute atomic E-state index is 6.61. The Kier molecular flexibility index (Phi) is 5.69. The first kappa shape index (κ1) is 19.5. The van der Waals surface area contributed by atoms with Crippen LogP contribution < -0.4 is 10.2 Å². The number of morpholine rings is 1. The summed E-state index contributed by atoms with van der Waals surface area (Å²) in [7, 11) is 0. The molecule has 1 atom stereocenters. The summed E-state index contributed by atoms with van der Waals surface area (Å²) >= 11 is 8.40. The zero-order chi connectivity index (χ0) is 20.3. The lowest BCUT2D eigenvalue weighted by molar-refractivity contribution is 0.0310. The number of thioether (sulfide) groups is 1. The van der Waals surface area contributed by atoms with Gasteiger partial charge >= 0.3 is 0 Å². The van der Waals surface area contributed by atoms with Gasteiger partial charge in [0.2, 0.25) is 0 Å². The van der Waals surface area contributed by atoms with Crippen LogP contribution in [-0.4, -0.2) is 49.2 Å². The van der Waals surface area contributed by atoms with Crippen molar-refractivity contribution in [1.29, 1.82) is 0 Å². The first-order valence-electron chi connectivity index (χ1n) is 9.91. The maximum Gasteiger partial charge on any atom is 0.140 e. The molecule has 0 saturated carbocycles. The van der Waals surface area contributed by atoms with Crippen LogP contribution in [0.3, 0.4) is 0 Å². The van der Waals surface area contributed by atoms with Gasteiger partial charge in [-0.3, -0.25) is 4.90 Å². The number of aliphatic imine (C=N–C) groups is 1. The molecule has 3 aliphatic rings. The molecule has 2 aromatic carbocycles. The van der Waals surface area contributed by atoms with Gasteiger partial charge in [-0.2, -0.15) is 0 Å². The van der Waals surface area contributed by atoms with Crippen molar-refractivity contribution in [2.75, 3.05) is 37.9 Å². The smallest absolute Gasteiger partial charge is 0.140 e. The summed E-state index contributed by atoms with van der Waals surface area (Å²) in [4.78, 5) is 10.4. The van der Waals surface area contributed by atoms with E-state index in [9.17, 15) is 0 Å². The molecule has 30 heavy (non-hydrogen) atoms. The monoisotopic (exact) mass is 436 g/mol. The van der Waals surface area contributed by atoms with Crippen LogP contribution in [-0.2, 0) is 4.74 Å². The number of anilines is 1. The van der Waals surface area contributed by atoms with E-state index in [-0.39, 0.29) is 5.50 Å². The molecule has 5 rings (SSSR count). The van der Waals surface area contributed by atoms with Gasteiger partial charge in [0.1, 0.15) is 18.0 Å². The van der Waals surface area contributed by atoms with Gasteiger partial charge < -0.3 is 15.0 Å². The second kappa shape index (κ2) is 8.75. The minimum absolute atomic E-state index is 0.213. The van der Waals surface area contributed by atoms with E-state index in [0.29, 0.717) is 11.7 Å². The summed E-state index contributed by atoms with van der Waals surface area (Å²) in [6.45, 7) is 3.98. The number of nitrogens with one attached hydrogen (secondary N) is 1. The molecule has 0 aliphatic carbocycles. The highest BCUT2D eigenvalue weighted by Crippen LogP contribution is 2.36. The minimum Gasteiger partial charge on any atom is -0.379 e. The van der Waals surface area contributed by atoms with Gasteiger partial charge in [0.05, 0.1) is 28.8 Å². The summed E-state index contributed by atoms with van der Waals surface area (Å²) in [6, 6.07) is 15.9. The Morgan fingerprint density at radius 2 is 1.87 bits per heavy atom. The lowest BCUT2D eigenvalue weighted by Crippen LogP contribution is -2.47. The Bertz CT molecular complexity index is 1050. The molecule has 5 nitrogen and oxygen atoms in total. The first-order valence-corrected chi connectivity index (χ1v) is 11.2. The van der Waals surface area contributed by atoms with E-state index in [1.54, 1.807) is 11.8 Å². The normalized spacial score (nSPS) is 21.1. The van der Waals surface area contributed by atoms with E-state index in [4.69, 9.17) is 21.3 Å². The largest absolute Gasteiger partial charge is 0.379 e. The van der Waals surface area contributed by atoms with Crippen molar-refractivity contribution in [3.05, 3.63) is 75.8 Å². The molecule has 0 aromatic heterocycles. The molecule has 0 radical (unpaired) electrons. The number of hydrogen-bond donors (Lipinski definition) is 1. The number of rotatable bonds is 2. The summed E-state index contributed by atoms with van der Waals surface area (Å²) in [5.74, 6) is 7.32. The highest BCUT2D eigenvalue weighted by molar-refractivity contribution is 8.05. The predicted molar refractivity (Wildman–Crippen MR) is 124 cm³/mol. The van der Waals surface area contributed by atoms with Crippen molar-refractivity contribution < 1.29 is 4.74 Å². The van der Waals surface area contributed by atoms with Gasteiger partial charge in [-0.05, 0) is 30.3 Å². The van der Waals surface area contributed by atoms with Crippen LogP contribution >= 0.6 is 23.4 Å². The summed E-state index contributed by atoms with van der Waals surface area (Å²) in [6.07, 6.45) is 2.14. The van der Waals surface area contributed by atoms with Crippen molar-refractivity contribution >= 4 is 34.9 Å². The first-order chi connectivity index (χ1) is 14.8. The Labute approximate surface area is 185 Å². The third kappa shape index (κ3) is 4.21.